The lowest BCUT2D eigenvalue weighted by Gasteiger charge is -2.22. The van der Waals surface area contributed by atoms with Crippen LogP contribution in [0.2, 0.25) is 0 Å². The standard InChI is InChI=1S/C15H18FNO3/c1-2-13(10-3-5-12(16)6-4-10)14(18)17-8-7-11(9-17)15(19)20/h3-6,11,13H,2,7-9H2,1H3,(H,19,20). The fraction of sp³-hybridized carbons (Fsp3) is 0.467. The molecule has 108 valence electrons. The molecule has 1 aromatic carbocycles. The number of hydrogen-bond acceptors (Lipinski definition) is 2. The molecule has 1 fully saturated rings. The second kappa shape index (κ2) is 6.03. The highest BCUT2D eigenvalue weighted by molar-refractivity contribution is 5.85. The van der Waals surface area contributed by atoms with Crippen LogP contribution in [0.25, 0.3) is 0 Å². The summed E-state index contributed by atoms with van der Waals surface area (Å²) in [5, 5.41) is 8.98. The van der Waals surface area contributed by atoms with Crippen LogP contribution in [0.4, 0.5) is 4.39 Å². The van der Waals surface area contributed by atoms with Crippen molar-refractivity contribution in [3.63, 3.8) is 0 Å². The predicted molar refractivity (Wildman–Crippen MR) is 71.8 cm³/mol. The summed E-state index contributed by atoms with van der Waals surface area (Å²) in [6, 6.07) is 5.92. The average molecular weight is 279 g/mol. The fourth-order valence-electron chi connectivity index (χ4n) is 2.63. The van der Waals surface area contributed by atoms with Crippen molar-refractivity contribution in [2.75, 3.05) is 13.1 Å². The van der Waals surface area contributed by atoms with E-state index >= 15 is 0 Å². The Morgan fingerprint density at radius 2 is 2.05 bits per heavy atom. The van der Waals surface area contributed by atoms with Crippen molar-refractivity contribution in [3.05, 3.63) is 35.6 Å². The Morgan fingerprint density at radius 3 is 2.55 bits per heavy atom. The fourth-order valence-corrected chi connectivity index (χ4v) is 2.63. The number of carbonyl (C=O) groups excluding carboxylic acids is 1. The van der Waals surface area contributed by atoms with Crippen LogP contribution in [0.1, 0.15) is 31.2 Å². The van der Waals surface area contributed by atoms with Gasteiger partial charge in [-0.15, -0.1) is 0 Å². The molecular formula is C15H18FNO3. The van der Waals surface area contributed by atoms with Crippen molar-refractivity contribution in [1.82, 2.24) is 4.90 Å². The Bertz CT molecular complexity index is 500. The summed E-state index contributed by atoms with van der Waals surface area (Å²) in [7, 11) is 0. The van der Waals surface area contributed by atoms with Gasteiger partial charge in [0.1, 0.15) is 5.82 Å². The normalized spacial score (nSPS) is 19.9. The van der Waals surface area contributed by atoms with Crippen molar-refractivity contribution >= 4 is 11.9 Å². The third kappa shape index (κ3) is 2.98. The summed E-state index contributed by atoms with van der Waals surface area (Å²) < 4.78 is 12.9. The number of likely N-dealkylation sites (tertiary alicyclic amines) is 1. The van der Waals surface area contributed by atoms with E-state index in [1.807, 2.05) is 6.92 Å². The highest BCUT2D eigenvalue weighted by Crippen LogP contribution is 2.26. The first-order valence-electron chi connectivity index (χ1n) is 6.80. The van der Waals surface area contributed by atoms with Crippen LogP contribution in [0.15, 0.2) is 24.3 Å². The van der Waals surface area contributed by atoms with Crippen molar-refractivity contribution in [2.45, 2.75) is 25.7 Å². The second-order valence-corrected chi connectivity index (χ2v) is 5.12. The number of carbonyl (C=O) groups is 2. The number of carboxylic acid groups (broad SMARTS) is 1. The summed E-state index contributed by atoms with van der Waals surface area (Å²) >= 11 is 0. The Morgan fingerprint density at radius 1 is 1.40 bits per heavy atom. The molecule has 0 saturated carbocycles. The van der Waals surface area contributed by atoms with Crippen LogP contribution in [-0.4, -0.2) is 35.0 Å². The number of rotatable bonds is 4. The van der Waals surface area contributed by atoms with Crippen molar-refractivity contribution in [1.29, 1.82) is 0 Å². The Kier molecular flexibility index (Phi) is 4.37. The summed E-state index contributed by atoms with van der Waals surface area (Å²) in [6.07, 6.45) is 1.11. The van der Waals surface area contributed by atoms with Crippen molar-refractivity contribution in [3.8, 4) is 0 Å². The maximum Gasteiger partial charge on any atom is 0.308 e. The van der Waals surface area contributed by atoms with Crippen LogP contribution in [0.5, 0.6) is 0 Å². The van der Waals surface area contributed by atoms with E-state index in [9.17, 15) is 14.0 Å². The van der Waals surface area contributed by atoms with Gasteiger partial charge in [-0.1, -0.05) is 19.1 Å². The van der Waals surface area contributed by atoms with Gasteiger partial charge in [0.25, 0.3) is 0 Å². The SMILES string of the molecule is CCC(C(=O)N1CCC(C(=O)O)C1)c1ccc(F)cc1. The minimum Gasteiger partial charge on any atom is -0.481 e. The van der Waals surface area contributed by atoms with E-state index in [1.54, 1.807) is 17.0 Å². The van der Waals surface area contributed by atoms with Crippen molar-refractivity contribution in [2.24, 2.45) is 5.92 Å². The molecule has 1 heterocycles. The molecule has 0 spiro atoms. The summed E-state index contributed by atoms with van der Waals surface area (Å²) in [5.41, 5.74) is 0.776. The third-order valence-corrected chi connectivity index (χ3v) is 3.83. The van der Waals surface area contributed by atoms with E-state index in [4.69, 9.17) is 5.11 Å². The van der Waals surface area contributed by atoms with Crippen LogP contribution in [0, 0.1) is 11.7 Å². The van der Waals surface area contributed by atoms with E-state index in [2.05, 4.69) is 0 Å². The van der Waals surface area contributed by atoms with Gasteiger partial charge in [0.05, 0.1) is 11.8 Å². The maximum atomic E-state index is 12.9. The van der Waals surface area contributed by atoms with Gasteiger partial charge in [0.2, 0.25) is 5.91 Å². The lowest BCUT2D eigenvalue weighted by atomic mass is 9.95. The molecule has 1 aromatic rings. The van der Waals surface area contributed by atoms with Gasteiger partial charge < -0.3 is 10.0 Å². The highest BCUT2D eigenvalue weighted by atomic mass is 19.1. The number of benzene rings is 1. The molecule has 0 aromatic heterocycles. The minimum absolute atomic E-state index is 0.0668. The molecule has 1 aliphatic rings. The second-order valence-electron chi connectivity index (χ2n) is 5.12. The van der Waals surface area contributed by atoms with Gasteiger partial charge >= 0.3 is 5.97 Å². The zero-order chi connectivity index (χ0) is 14.7. The van der Waals surface area contributed by atoms with Crippen molar-refractivity contribution < 1.29 is 19.1 Å². The zero-order valence-corrected chi connectivity index (χ0v) is 11.4. The molecule has 1 amide bonds. The zero-order valence-electron chi connectivity index (χ0n) is 11.4. The number of halogens is 1. The Balaban J connectivity index is 2.10. The van der Waals surface area contributed by atoms with E-state index in [0.29, 0.717) is 19.4 Å². The highest BCUT2D eigenvalue weighted by Gasteiger charge is 2.33. The molecule has 2 atom stereocenters. The van der Waals surface area contributed by atoms with E-state index in [-0.39, 0.29) is 24.2 Å². The van der Waals surface area contributed by atoms with Gasteiger partial charge in [-0.3, -0.25) is 9.59 Å². The van der Waals surface area contributed by atoms with E-state index < -0.39 is 11.9 Å². The Hall–Kier alpha value is -1.91. The molecule has 1 N–H and O–H groups in total. The number of aliphatic carboxylic acids is 1. The number of carboxylic acids is 1. The summed E-state index contributed by atoms with van der Waals surface area (Å²) in [4.78, 5) is 25.0. The maximum absolute atomic E-state index is 12.9. The number of amides is 1. The molecule has 0 aliphatic carbocycles. The summed E-state index contributed by atoms with van der Waals surface area (Å²) in [6.45, 7) is 2.65. The summed E-state index contributed by atoms with van der Waals surface area (Å²) in [5.74, 6) is -2.05. The quantitative estimate of drug-likeness (QED) is 0.919. The van der Waals surface area contributed by atoms with E-state index in [1.165, 1.54) is 12.1 Å². The first-order chi connectivity index (χ1) is 9.52. The molecule has 2 rings (SSSR count). The lowest BCUT2D eigenvalue weighted by Crippen LogP contribution is -2.34. The van der Waals surface area contributed by atoms with Crippen LogP contribution < -0.4 is 0 Å². The lowest BCUT2D eigenvalue weighted by molar-refractivity contribution is -0.141. The van der Waals surface area contributed by atoms with Gasteiger partial charge in [-0.05, 0) is 30.5 Å². The first-order valence-corrected chi connectivity index (χ1v) is 6.80. The number of hydrogen-bond donors (Lipinski definition) is 1. The van der Waals surface area contributed by atoms with Crippen LogP contribution in [0.3, 0.4) is 0 Å². The van der Waals surface area contributed by atoms with Gasteiger partial charge in [0, 0.05) is 13.1 Å². The molecule has 2 unspecified atom stereocenters. The minimum atomic E-state index is -0.852. The first kappa shape index (κ1) is 14.5. The molecule has 5 heteroatoms. The number of nitrogens with zero attached hydrogens (tertiary/aromatic N) is 1. The monoisotopic (exact) mass is 279 g/mol. The molecule has 20 heavy (non-hydrogen) atoms. The average Bonchev–Trinajstić information content (AvgIpc) is 2.91. The molecule has 4 nitrogen and oxygen atoms in total. The predicted octanol–water partition coefficient (Wildman–Crippen LogP) is 2.25. The van der Waals surface area contributed by atoms with Crippen LogP contribution in [-0.2, 0) is 9.59 Å². The van der Waals surface area contributed by atoms with Crippen LogP contribution >= 0.6 is 0 Å². The smallest absolute Gasteiger partial charge is 0.308 e. The van der Waals surface area contributed by atoms with Gasteiger partial charge in [0.15, 0.2) is 0 Å². The molecular weight excluding hydrogens is 261 g/mol. The Labute approximate surface area is 117 Å². The molecule has 1 saturated heterocycles. The molecule has 0 radical (unpaired) electrons. The van der Waals surface area contributed by atoms with Gasteiger partial charge in [-0.2, -0.15) is 0 Å². The van der Waals surface area contributed by atoms with Gasteiger partial charge in [-0.25, -0.2) is 4.39 Å². The topological polar surface area (TPSA) is 57.6 Å². The van der Waals surface area contributed by atoms with E-state index in [0.717, 1.165) is 5.56 Å². The third-order valence-electron chi connectivity index (χ3n) is 3.83. The molecule has 0 bridgehead atoms. The molecule has 1 aliphatic heterocycles. The largest absolute Gasteiger partial charge is 0.481 e.